The molecule has 5 heteroatoms. The van der Waals surface area contributed by atoms with Crippen molar-refractivity contribution >= 4 is 18.2 Å². The molecular formula is C9H18N4S. The number of hydrogen-bond acceptors (Lipinski definition) is 3. The summed E-state index contributed by atoms with van der Waals surface area (Å²) in [4.78, 5) is 2.26. The van der Waals surface area contributed by atoms with E-state index in [0.717, 1.165) is 31.9 Å². The molecule has 0 fully saturated rings. The Balaban J connectivity index is 2.86. The molecule has 0 aromatic carbocycles. The third kappa shape index (κ3) is 2.35. The SMILES string of the molecule is CCCN(CCC)c1n[nH]c(=S)n1C. The van der Waals surface area contributed by atoms with Crippen LogP contribution in [0.1, 0.15) is 26.7 Å². The van der Waals surface area contributed by atoms with Gasteiger partial charge in [-0.2, -0.15) is 0 Å². The van der Waals surface area contributed by atoms with Crippen LogP contribution in [0.4, 0.5) is 5.95 Å². The minimum absolute atomic E-state index is 0.678. The van der Waals surface area contributed by atoms with Gasteiger partial charge in [0.1, 0.15) is 0 Å². The molecule has 0 atom stereocenters. The molecule has 0 aliphatic carbocycles. The van der Waals surface area contributed by atoms with E-state index in [1.807, 2.05) is 11.6 Å². The second kappa shape index (κ2) is 5.14. The molecule has 0 aliphatic rings. The van der Waals surface area contributed by atoms with E-state index in [1.54, 1.807) is 0 Å². The Kier molecular flexibility index (Phi) is 4.13. The maximum absolute atomic E-state index is 5.08. The van der Waals surface area contributed by atoms with Crippen molar-refractivity contribution in [2.75, 3.05) is 18.0 Å². The van der Waals surface area contributed by atoms with Crippen LogP contribution < -0.4 is 4.90 Å². The number of H-pyrrole nitrogens is 1. The number of anilines is 1. The van der Waals surface area contributed by atoms with Crippen molar-refractivity contribution in [2.24, 2.45) is 7.05 Å². The lowest BCUT2D eigenvalue weighted by molar-refractivity contribution is 0.699. The molecule has 1 heterocycles. The third-order valence-electron chi connectivity index (χ3n) is 2.13. The number of rotatable bonds is 5. The molecule has 0 aliphatic heterocycles. The number of aromatic amines is 1. The molecule has 0 saturated carbocycles. The van der Waals surface area contributed by atoms with E-state index in [0.29, 0.717) is 4.77 Å². The second-order valence-corrected chi connectivity index (χ2v) is 3.76. The van der Waals surface area contributed by atoms with Gasteiger partial charge in [-0.15, -0.1) is 5.10 Å². The molecule has 0 amide bonds. The van der Waals surface area contributed by atoms with E-state index in [4.69, 9.17) is 12.2 Å². The zero-order valence-electron chi connectivity index (χ0n) is 9.08. The normalized spacial score (nSPS) is 10.5. The number of nitrogens with one attached hydrogen (secondary N) is 1. The molecular weight excluding hydrogens is 196 g/mol. The highest BCUT2D eigenvalue weighted by Gasteiger charge is 2.10. The highest BCUT2D eigenvalue weighted by molar-refractivity contribution is 7.71. The van der Waals surface area contributed by atoms with Gasteiger partial charge >= 0.3 is 0 Å². The van der Waals surface area contributed by atoms with Gasteiger partial charge in [0.2, 0.25) is 5.95 Å². The van der Waals surface area contributed by atoms with Crippen molar-refractivity contribution in [3.8, 4) is 0 Å². The van der Waals surface area contributed by atoms with Crippen LogP contribution in [0.5, 0.6) is 0 Å². The average Bonchev–Trinajstić information content (AvgIpc) is 2.48. The molecule has 0 spiro atoms. The maximum atomic E-state index is 5.08. The van der Waals surface area contributed by atoms with Gasteiger partial charge < -0.3 is 4.90 Å². The monoisotopic (exact) mass is 214 g/mol. The number of hydrogen-bond donors (Lipinski definition) is 1. The number of aromatic nitrogens is 3. The second-order valence-electron chi connectivity index (χ2n) is 3.37. The zero-order chi connectivity index (χ0) is 10.6. The Morgan fingerprint density at radius 2 is 1.93 bits per heavy atom. The lowest BCUT2D eigenvalue weighted by Crippen LogP contribution is -2.27. The van der Waals surface area contributed by atoms with Crippen LogP contribution >= 0.6 is 12.2 Å². The summed E-state index contributed by atoms with van der Waals surface area (Å²) in [6.45, 7) is 6.40. The van der Waals surface area contributed by atoms with Gasteiger partial charge in [-0.25, -0.2) is 5.10 Å². The van der Waals surface area contributed by atoms with Crippen LogP contribution in [-0.4, -0.2) is 27.9 Å². The number of nitrogens with zero attached hydrogens (tertiary/aromatic N) is 3. The van der Waals surface area contributed by atoms with E-state index < -0.39 is 0 Å². The summed E-state index contributed by atoms with van der Waals surface area (Å²) in [5, 5.41) is 7.03. The zero-order valence-corrected chi connectivity index (χ0v) is 9.89. The van der Waals surface area contributed by atoms with Crippen molar-refractivity contribution in [2.45, 2.75) is 26.7 Å². The van der Waals surface area contributed by atoms with Crippen LogP contribution in [-0.2, 0) is 7.05 Å². The van der Waals surface area contributed by atoms with Crippen molar-refractivity contribution in [1.29, 1.82) is 0 Å². The van der Waals surface area contributed by atoms with Crippen LogP contribution in [0.15, 0.2) is 0 Å². The van der Waals surface area contributed by atoms with Crippen LogP contribution in [0, 0.1) is 4.77 Å². The van der Waals surface area contributed by atoms with Crippen molar-refractivity contribution in [1.82, 2.24) is 14.8 Å². The summed E-state index contributed by atoms with van der Waals surface area (Å²) in [7, 11) is 1.94. The summed E-state index contributed by atoms with van der Waals surface area (Å²) in [6, 6.07) is 0. The predicted molar refractivity (Wildman–Crippen MR) is 61.2 cm³/mol. The first-order valence-electron chi connectivity index (χ1n) is 5.07. The fraction of sp³-hybridized carbons (Fsp3) is 0.778. The fourth-order valence-electron chi connectivity index (χ4n) is 1.47. The highest BCUT2D eigenvalue weighted by Crippen LogP contribution is 2.10. The predicted octanol–water partition coefficient (Wildman–Crippen LogP) is 2.10. The summed E-state index contributed by atoms with van der Waals surface area (Å²) in [5.41, 5.74) is 0. The molecule has 0 bridgehead atoms. The molecule has 80 valence electrons. The van der Waals surface area contributed by atoms with Crippen LogP contribution in [0.2, 0.25) is 0 Å². The smallest absolute Gasteiger partial charge is 0.225 e. The van der Waals surface area contributed by atoms with Crippen molar-refractivity contribution < 1.29 is 0 Å². The van der Waals surface area contributed by atoms with E-state index in [1.165, 1.54) is 0 Å². The first-order valence-corrected chi connectivity index (χ1v) is 5.47. The molecule has 1 aromatic rings. The Labute approximate surface area is 89.9 Å². The Morgan fingerprint density at radius 1 is 1.36 bits per heavy atom. The fourth-order valence-corrected chi connectivity index (χ4v) is 1.60. The van der Waals surface area contributed by atoms with Gasteiger partial charge in [0.15, 0.2) is 4.77 Å². The standard InChI is InChI=1S/C9H18N4S/c1-4-6-13(7-5-2)8-10-11-9(14)12(8)3/h4-7H2,1-3H3,(H,11,14). The average molecular weight is 214 g/mol. The first kappa shape index (κ1) is 11.2. The molecule has 0 radical (unpaired) electrons. The first-order chi connectivity index (χ1) is 6.70. The third-order valence-corrected chi connectivity index (χ3v) is 2.49. The molecule has 0 unspecified atom stereocenters. The summed E-state index contributed by atoms with van der Waals surface area (Å²) >= 11 is 5.08. The molecule has 4 nitrogen and oxygen atoms in total. The van der Waals surface area contributed by atoms with Crippen molar-refractivity contribution in [3.05, 3.63) is 4.77 Å². The van der Waals surface area contributed by atoms with E-state index in [-0.39, 0.29) is 0 Å². The van der Waals surface area contributed by atoms with E-state index >= 15 is 0 Å². The Morgan fingerprint density at radius 3 is 2.29 bits per heavy atom. The van der Waals surface area contributed by atoms with Crippen molar-refractivity contribution in [3.63, 3.8) is 0 Å². The molecule has 14 heavy (non-hydrogen) atoms. The Hall–Kier alpha value is -0.840. The molecule has 0 saturated heterocycles. The van der Waals surface area contributed by atoms with Gasteiger partial charge in [-0.3, -0.25) is 4.57 Å². The van der Waals surface area contributed by atoms with Gasteiger partial charge in [0, 0.05) is 20.1 Å². The van der Waals surface area contributed by atoms with Gasteiger partial charge in [0.05, 0.1) is 0 Å². The minimum atomic E-state index is 0.678. The van der Waals surface area contributed by atoms with Gasteiger partial charge in [-0.1, -0.05) is 13.8 Å². The lowest BCUT2D eigenvalue weighted by Gasteiger charge is -2.21. The maximum Gasteiger partial charge on any atom is 0.225 e. The largest absolute Gasteiger partial charge is 0.341 e. The topological polar surface area (TPSA) is 36.9 Å². The van der Waals surface area contributed by atoms with E-state index in [9.17, 15) is 0 Å². The summed E-state index contributed by atoms with van der Waals surface area (Å²) < 4.78 is 2.60. The van der Waals surface area contributed by atoms with Gasteiger partial charge in [-0.05, 0) is 25.1 Å². The summed E-state index contributed by atoms with van der Waals surface area (Å²) in [6.07, 6.45) is 2.25. The van der Waals surface area contributed by atoms with Crippen LogP contribution in [0.25, 0.3) is 0 Å². The molecule has 1 rings (SSSR count). The quantitative estimate of drug-likeness (QED) is 0.763. The van der Waals surface area contributed by atoms with Crippen LogP contribution in [0.3, 0.4) is 0 Å². The van der Waals surface area contributed by atoms with E-state index in [2.05, 4.69) is 28.9 Å². The Bertz CT molecular complexity index is 322. The van der Waals surface area contributed by atoms with Gasteiger partial charge in [0.25, 0.3) is 0 Å². The lowest BCUT2D eigenvalue weighted by atomic mass is 10.4. The molecule has 1 aromatic heterocycles. The summed E-state index contributed by atoms with van der Waals surface area (Å²) in [5.74, 6) is 0.943. The minimum Gasteiger partial charge on any atom is -0.341 e. The highest BCUT2D eigenvalue weighted by atomic mass is 32.1. The molecule has 1 N–H and O–H groups in total.